The molecule has 3 nitrogen and oxygen atoms in total. The van der Waals surface area contributed by atoms with Crippen molar-refractivity contribution in [2.24, 2.45) is 0 Å². The second-order valence-corrected chi connectivity index (χ2v) is 6.03. The molecule has 110 valence electrons. The largest absolute Gasteiger partial charge is 0.354 e. The highest BCUT2D eigenvalue weighted by Gasteiger charge is 2.18. The van der Waals surface area contributed by atoms with Gasteiger partial charge in [0, 0.05) is 49.0 Å². The molecule has 21 heavy (non-hydrogen) atoms. The molecular formula is C16H17Cl2N3. The molecule has 1 aromatic carbocycles. The normalized spacial score (nSPS) is 16.2. The molecule has 0 radical (unpaired) electrons. The smallest absolute Gasteiger partial charge is 0.128 e. The molecule has 0 spiro atoms. The fourth-order valence-corrected chi connectivity index (χ4v) is 3.03. The van der Waals surface area contributed by atoms with Crippen LogP contribution in [0.2, 0.25) is 10.0 Å². The van der Waals surface area contributed by atoms with E-state index in [0.717, 1.165) is 49.1 Å². The molecule has 0 bridgehead atoms. The van der Waals surface area contributed by atoms with Crippen LogP contribution >= 0.6 is 23.2 Å². The van der Waals surface area contributed by atoms with Crippen molar-refractivity contribution < 1.29 is 0 Å². The molecule has 2 heterocycles. The first-order chi connectivity index (χ1) is 10.2. The van der Waals surface area contributed by atoms with Crippen LogP contribution in [0.15, 0.2) is 42.6 Å². The standard InChI is InChI=1S/C16H17Cl2N3/c17-14-5-4-13(15(18)11-14)12-20-7-9-21(10-8-20)16-3-1-2-6-19-16/h1-6,11H,7-10,12H2. The third-order valence-electron chi connectivity index (χ3n) is 3.75. The number of pyridine rings is 1. The molecule has 0 aliphatic carbocycles. The third kappa shape index (κ3) is 3.67. The topological polar surface area (TPSA) is 19.4 Å². The summed E-state index contributed by atoms with van der Waals surface area (Å²) in [6.07, 6.45) is 1.84. The van der Waals surface area contributed by atoms with Crippen molar-refractivity contribution in [3.8, 4) is 0 Å². The Morgan fingerprint density at radius 3 is 2.48 bits per heavy atom. The zero-order valence-electron chi connectivity index (χ0n) is 11.7. The van der Waals surface area contributed by atoms with Gasteiger partial charge in [0.1, 0.15) is 5.82 Å². The summed E-state index contributed by atoms with van der Waals surface area (Å²) in [4.78, 5) is 9.14. The number of piperazine rings is 1. The van der Waals surface area contributed by atoms with E-state index in [0.29, 0.717) is 5.02 Å². The Morgan fingerprint density at radius 2 is 1.81 bits per heavy atom. The van der Waals surface area contributed by atoms with Crippen LogP contribution < -0.4 is 4.90 Å². The van der Waals surface area contributed by atoms with Gasteiger partial charge in [0.2, 0.25) is 0 Å². The van der Waals surface area contributed by atoms with E-state index in [4.69, 9.17) is 23.2 Å². The van der Waals surface area contributed by atoms with Crippen LogP contribution in [0.4, 0.5) is 5.82 Å². The molecule has 0 amide bonds. The third-order valence-corrected chi connectivity index (χ3v) is 4.34. The molecule has 1 aromatic heterocycles. The minimum atomic E-state index is 0.684. The van der Waals surface area contributed by atoms with Crippen LogP contribution in [0.1, 0.15) is 5.56 Å². The lowest BCUT2D eigenvalue weighted by Crippen LogP contribution is -2.46. The maximum absolute atomic E-state index is 6.24. The minimum absolute atomic E-state index is 0.684. The van der Waals surface area contributed by atoms with E-state index in [1.165, 1.54) is 0 Å². The van der Waals surface area contributed by atoms with Gasteiger partial charge in [0.05, 0.1) is 0 Å². The lowest BCUT2D eigenvalue weighted by Gasteiger charge is -2.35. The molecule has 0 atom stereocenters. The number of aromatic nitrogens is 1. The highest BCUT2D eigenvalue weighted by Crippen LogP contribution is 2.23. The predicted molar refractivity (Wildman–Crippen MR) is 88.2 cm³/mol. The lowest BCUT2D eigenvalue weighted by atomic mass is 10.2. The maximum atomic E-state index is 6.24. The molecular weight excluding hydrogens is 305 g/mol. The van der Waals surface area contributed by atoms with Gasteiger partial charge < -0.3 is 4.90 Å². The van der Waals surface area contributed by atoms with Gasteiger partial charge in [-0.1, -0.05) is 35.3 Å². The van der Waals surface area contributed by atoms with Gasteiger partial charge in [-0.25, -0.2) is 4.98 Å². The van der Waals surface area contributed by atoms with E-state index in [1.54, 1.807) is 0 Å². The number of anilines is 1. The molecule has 1 saturated heterocycles. The Balaban J connectivity index is 1.59. The van der Waals surface area contributed by atoms with Crippen LogP contribution in [0.25, 0.3) is 0 Å². The van der Waals surface area contributed by atoms with E-state index in [1.807, 2.05) is 36.5 Å². The summed E-state index contributed by atoms with van der Waals surface area (Å²) >= 11 is 12.2. The van der Waals surface area contributed by atoms with E-state index >= 15 is 0 Å². The SMILES string of the molecule is Clc1ccc(CN2CCN(c3ccccn3)CC2)c(Cl)c1. The van der Waals surface area contributed by atoms with E-state index in [2.05, 4.69) is 20.9 Å². The van der Waals surface area contributed by atoms with Crippen molar-refractivity contribution in [2.75, 3.05) is 31.1 Å². The van der Waals surface area contributed by atoms with E-state index in [9.17, 15) is 0 Å². The highest BCUT2D eigenvalue weighted by molar-refractivity contribution is 6.35. The fourth-order valence-electron chi connectivity index (χ4n) is 2.57. The average molecular weight is 322 g/mol. The first kappa shape index (κ1) is 14.6. The number of benzene rings is 1. The average Bonchev–Trinajstić information content (AvgIpc) is 2.52. The molecule has 1 fully saturated rings. The van der Waals surface area contributed by atoms with Gasteiger partial charge >= 0.3 is 0 Å². The minimum Gasteiger partial charge on any atom is -0.354 e. The summed E-state index contributed by atoms with van der Waals surface area (Å²) in [5.41, 5.74) is 1.13. The summed E-state index contributed by atoms with van der Waals surface area (Å²) in [5, 5.41) is 1.43. The van der Waals surface area contributed by atoms with E-state index in [-0.39, 0.29) is 0 Å². The van der Waals surface area contributed by atoms with Gasteiger partial charge in [-0.2, -0.15) is 0 Å². The summed E-state index contributed by atoms with van der Waals surface area (Å²) in [6, 6.07) is 11.8. The van der Waals surface area contributed by atoms with Crippen LogP contribution in [0.5, 0.6) is 0 Å². The van der Waals surface area contributed by atoms with Crippen LogP contribution in [-0.4, -0.2) is 36.1 Å². The molecule has 0 unspecified atom stereocenters. The Kier molecular flexibility index (Phi) is 4.63. The molecule has 0 saturated carbocycles. The second-order valence-electron chi connectivity index (χ2n) is 5.19. The lowest BCUT2D eigenvalue weighted by molar-refractivity contribution is 0.249. The van der Waals surface area contributed by atoms with Gasteiger partial charge in [0.25, 0.3) is 0 Å². The summed E-state index contributed by atoms with van der Waals surface area (Å²) in [7, 11) is 0. The van der Waals surface area contributed by atoms with Crippen molar-refractivity contribution in [2.45, 2.75) is 6.54 Å². The Morgan fingerprint density at radius 1 is 1.00 bits per heavy atom. The number of halogens is 2. The monoisotopic (exact) mass is 321 g/mol. The highest BCUT2D eigenvalue weighted by atomic mass is 35.5. The van der Waals surface area contributed by atoms with Crippen molar-refractivity contribution in [1.29, 1.82) is 0 Å². The van der Waals surface area contributed by atoms with Crippen LogP contribution in [0.3, 0.4) is 0 Å². The van der Waals surface area contributed by atoms with Gasteiger partial charge in [0.15, 0.2) is 0 Å². The van der Waals surface area contributed by atoms with Crippen LogP contribution in [0, 0.1) is 0 Å². The van der Waals surface area contributed by atoms with Crippen molar-refractivity contribution in [1.82, 2.24) is 9.88 Å². The first-order valence-electron chi connectivity index (χ1n) is 7.04. The zero-order chi connectivity index (χ0) is 14.7. The Bertz CT molecular complexity index is 596. The molecule has 5 heteroatoms. The molecule has 2 aromatic rings. The molecule has 0 N–H and O–H groups in total. The summed E-state index contributed by atoms with van der Waals surface area (Å²) < 4.78 is 0. The quantitative estimate of drug-likeness (QED) is 0.859. The number of hydrogen-bond donors (Lipinski definition) is 0. The number of rotatable bonds is 3. The van der Waals surface area contributed by atoms with Crippen molar-refractivity contribution in [3.63, 3.8) is 0 Å². The Labute approximate surface area is 135 Å². The van der Waals surface area contributed by atoms with Gasteiger partial charge in [-0.3, -0.25) is 4.90 Å². The Hall–Kier alpha value is -1.29. The van der Waals surface area contributed by atoms with Crippen molar-refractivity contribution >= 4 is 29.0 Å². The molecule has 1 aliphatic heterocycles. The number of hydrogen-bond acceptors (Lipinski definition) is 3. The number of nitrogens with zero attached hydrogens (tertiary/aromatic N) is 3. The van der Waals surface area contributed by atoms with Gasteiger partial charge in [-0.05, 0) is 29.8 Å². The van der Waals surface area contributed by atoms with Crippen LogP contribution in [-0.2, 0) is 6.54 Å². The van der Waals surface area contributed by atoms with E-state index < -0.39 is 0 Å². The maximum Gasteiger partial charge on any atom is 0.128 e. The second kappa shape index (κ2) is 6.65. The fraction of sp³-hybridized carbons (Fsp3) is 0.312. The predicted octanol–water partition coefficient (Wildman–Crippen LogP) is 3.71. The molecule has 1 aliphatic rings. The van der Waals surface area contributed by atoms with Gasteiger partial charge in [-0.15, -0.1) is 0 Å². The molecule has 3 rings (SSSR count). The summed E-state index contributed by atoms with van der Waals surface area (Å²) in [6.45, 7) is 4.86. The zero-order valence-corrected chi connectivity index (χ0v) is 13.2. The summed E-state index contributed by atoms with van der Waals surface area (Å²) in [5.74, 6) is 1.06. The van der Waals surface area contributed by atoms with Crippen molar-refractivity contribution in [3.05, 3.63) is 58.2 Å². The first-order valence-corrected chi connectivity index (χ1v) is 7.80.